The maximum absolute atomic E-state index is 13.1. The fraction of sp³-hybridized carbons (Fsp3) is 0.333. The van der Waals surface area contributed by atoms with Crippen LogP contribution in [0.1, 0.15) is 36.3 Å². The Labute approximate surface area is 166 Å². The highest BCUT2D eigenvalue weighted by atomic mass is 16.2. The van der Waals surface area contributed by atoms with Crippen molar-refractivity contribution in [2.24, 2.45) is 5.92 Å². The summed E-state index contributed by atoms with van der Waals surface area (Å²) in [6.07, 6.45) is 6.46. The molecule has 2 aromatic carbocycles. The minimum Gasteiger partial charge on any atom is -0.343 e. The number of amides is 1. The fourth-order valence-corrected chi connectivity index (χ4v) is 4.14. The number of rotatable bonds is 6. The van der Waals surface area contributed by atoms with Crippen LogP contribution in [-0.4, -0.2) is 33.7 Å². The van der Waals surface area contributed by atoms with E-state index >= 15 is 0 Å². The van der Waals surface area contributed by atoms with Crippen LogP contribution in [0.25, 0.3) is 0 Å². The second-order valence-corrected chi connectivity index (χ2v) is 7.63. The second kappa shape index (κ2) is 8.87. The first-order valence-electron chi connectivity index (χ1n) is 10.1. The Morgan fingerprint density at radius 3 is 2.07 bits per heavy atom. The van der Waals surface area contributed by atoms with E-state index in [2.05, 4.69) is 58.5 Å². The van der Waals surface area contributed by atoms with Crippen molar-refractivity contribution < 1.29 is 4.79 Å². The van der Waals surface area contributed by atoms with Crippen molar-refractivity contribution in [3.05, 3.63) is 90.3 Å². The van der Waals surface area contributed by atoms with E-state index in [0.29, 0.717) is 12.3 Å². The quantitative estimate of drug-likeness (QED) is 0.644. The van der Waals surface area contributed by atoms with E-state index in [0.717, 1.165) is 32.5 Å². The van der Waals surface area contributed by atoms with E-state index < -0.39 is 0 Å². The molecule has 0 saturated carbocycles. The second-order valence-electron chi connectivity index (χ2n) is 7.63. The molecular weight excluding hydrogens is 346 g/mol. The summed E-state index contributed by atoms with van der Waals surface area (Å²) in [4.78, 5) is 15.1. The van der Waals surface area contributed by atoms with Crippen LogP contribution in [0.4, 0.5) is 0 Å². The average Bonchev–Trinajstić information content (AvgIpc) is 3.27. The molecule has 0 spiro atoms. The largest absolute Gasteiger partial charge is 0.343 e. The maximum atomic E-state index is 13.1. The fourth-order valence-electron chi connectivity index (χ4n) is 4.14. The molecule has 1 fully saturated rings. The Balaban J connectivity index is 1.40. The SMILES string of the molecule is O=C(CC(c1ccccc1)c1ccccc1)N1CCC(Cn2cccn2)CC1. The molecule has 0 bridgehead atoms. The molecule has 1 aromatic heterocycles. The Bertz CT molecular complexity index is 814. The zero-order chi connectivity index (χ0) is 19.2. The molecule has 1 amide bonds. The van der Waals surface area contributed by atoms with Gasteiger partial charge in [0.25, 0.3) is 0 Å². The first-order valence-corrected chi connectivity index (χ1v) is 10.1. The number of carbonyl (C=O) groups is 1. The van der Waals surface area contributed by atoms with E-state index in [1.807, 2.05) is 35.3 Å². The molecule has 3 aromatic rings. The average molecular weight is 374 g/mol. The lowest BCUT2D eigenvalue weighted by atomic mass is 9.87. The highest BCUT2D eigenvalue weighted by Gasteiger charge is 2.26. The number of benzene rings is 2. The van der Waals surface area contributed by atoms with Crippen LogP contribution in [0, 0.1) is 5.92 Å². The van der Waals surface area contributed by atoms with Crippen LogP contribution < -0.4 is 0 Å². The number of hydrogen-bond donors (Lipinski definition) is 0. The zero-order valence-corrected chi connectivity index (χ0v) is 16.2. The molecule has 144 valence electrons. The van der Waals surface area contributed by atoms with Crippen LogP contribution in [0.5, 0.6) is 0 Å². The van der Waals surface area contributed by atoms with E-state index in [4.69, 9.17) is 0 Å². The molecule has 1 aliphatic heterocycles. The number of likely N-dealkylation sites (tertiary alicyclic amines) is 1. The van der Waals surface area contributed by atoms with Gasteiger partial charge in [-0.15, -0.1) is 0 Å². The predicted molar refractivity (Wildman–Crippen MR) is 111 cm³/mol. The summed E-state index contributed by atoms with van der Waals surface area (Å²) in [6, 6.07) is 22.7. The number of carbonyl (C=O) groups excluding carboxylic acids is 1. The zero-order valence-electron chi connectivity index (χ0n) is 16.2. The van der Waals surface area contributed by atoms with Gasteiger partial charge in [-0.2, -0.15) is 5.10 Å². The summed E-state index contributed by atoms with van der Waals surface area (Å²) >= 11 is 0. The van der Waals surface area contributed by atoms with Gasteiger partial charge in [-0.3, -0.25) is 9.48 Å². The summed E-state index contributed by atoms with van der Waals surface area (Å²) in [7, 11) is 0. The molecular formula is C24H27N3O. The van der Waals surface area contributed by atoms with Crippen LogP contribution in [0.3, 0.4) is 0 Å². The van der Waals surface area contributed by atoms with Crippen molar-refractivity contribution in [1.82, 2.24) is 14.7 Å². The van der Waals surface area contributed by atoms with Crippen molar-refractivity contribution in [3.63, 3.8) is 0 Å². The predicted octanol–water partition coefficient (Wildman–Crippen LogP) is 4.34. The molecule has 0 N–H and O–H groups in total. The molecule has 0 radical (unpaired) electrons. The number of hydrogen-bond acceptors (Lipinski definition) is 2. The topological polar surface area (TPSA) is 38.1 Å². The molecule has 0 aliphatic carbocycles. The lowest BCUT2D eigenvalue weighted by Crippen LogP contribution is -2.40. The number of nitrogens with zero attached hydrogens (tertiary/aromatic N) is 3. The van der Waals surface area contributed by atoms with E-state index in [1.54, 1.807) is 0 Å². The molecule has 28 heavy (non-hydrogen) atoms. The van der Waals surface area contributed by atoms with Crippen molar-refractivity contribution in [2.45, 2.75) is 31.7 Å². The third-order valence-corrected chi connectivity index (χ3v) is 5.75. The molecule has 0 unspecified atom stereocenters. The summed E-state index contributed by atoms with van der Waals surface area (Å²) in [5.74, 6) is 0.968. The van der Waals surface area contributed by atoms with Gasteiger partial charge in [-0.05, 0) is 36.0 Å². The molecule has 4 rings (SSSR count). The molecule has 0 atom stereocenters. The van der Waals surface area contributed by atoms with Crippen LogP contribution in [0.2, 0.25) is 0 Å². The van der Waals surface area contributed by atoms with E-state index in [-0.39, 0.29) is 11.8 Å². The van der Waals surface area contributed by atoms with Gasteiger partial charge in [-0.25, -0.2) is 0 Å². The third kappa shape index (κ3) is 4.50. The Morgan fingerprint density at radius 1 is 0.929 bits per heavy atom. The minimum absolute atomic E-state index is 0.108. The maximum Gasteiger partial charge on any atom is 0.223 e. The monoisotopic (exact) mass is 373 g/mol. The van der Waals surface area contributed by atoms with Crippen LogP contribution >= 0.6 is 0 Å². The summed E-state index contributed by atoms with van der Waals surface area (Å²) in [6.45, 7) is 2.65. The number of piperidine rings is 1. The summed E-state index contributed by atoms with van der Waals surface area (Å²) in [5, 5.41) is 4.31. The van der Waals surface area contributed by atoms with E-state index in [9.17, 15) is 4.79 Å². The Morgan fingerprint density at radius 2 is 1.54 bits per heavy atom. The van der Waals surface area contributed by atoms with E-state index in [1.165, 1.54) is 11.1 Å². The van der Waals surface area contributed by atoms with Crippen LogP contribution in [0.15, 0.2) is 79.1 Å². The first-order chi connectivity index (χ1) is 13.8. The number of aromatic nitrogens is 2. The molecule has 1 aliphatic rings. The van der Waals surface area contributed by atoms with Gasteiger partial charge >= 0.3 is 0 Å². The van der Waals surface area contributed by atoms with Crippen molar-refractivity contribution in [2.75, 3.05) is 13.1 Å². The summed E-state index contributed by atoms with van der Waals surface area (Å²) < 4.78 is 2.00. The van der Waals surface area contributed by atoms with Crippen molar-refractivity contribution >= 4 is 5.91 Å². The standard InChI is InChI=1S/C24H27N3O/c28-24(26-16-12-20(13-17-26)19-27-15-7-14-25-27)18-23(21-8-3-1-4-9-21)22-10-5-2-6-11-22/h1-11,14-15,20,23H,12-13,16-19H2. The summed E-state index contributed by atoms with van der Waals surface area (Å²) in [5.41, 5.74) is 2.41. The van der Waals surface area contributed by atoms with Gasteiger partial charge in [0.15, 0.2) is 0 Å². The van der Waals surface area contributed by atoms with Gasteiger partial charge in [0, 0.05) is 44.4 Å². The third-order valence-electron chi connectivity index (χ3n) is 5.75. The first kappa shape index (κ1) is 18.5. The molecule has 4 nitrogen and oxygen atoms in total. The molecule has 1 saturated heterocycles. The minimum atomic E-state index is 0.108. The molecule has 2 heterocycles. The van der Waals surface area contributed by atoms with Crippen molar-refractivity contribution in [1.29, 1.82) is 0 Å². The van der Waals surface area contributed by atoms with Gasteiger partial charge in [0.1, 0.15) is 0 Å². The lowest BCUT2D eigenvalue weighted by molar-refractivity contribution is -0.132. The van der Waals surface area contributed by atoms with Crippen molar-refractivity contribution in [3.8, 4) is 0 Å². The van der Waals surface area contributed by atoms with Gasteiger partial charge in [0.2, 0.25) is 5.91 Å². The smallest absolute Gasteiger partial charge is 0.223 e. The van der Waals surface area contributed by atoms with Gasteiger partial charge in [-0.1, -0.05) is 60.7 Å². The Kier molecular flexibility index (Phi) is 5.86. The Hall–Kier alpha value is -2.88. The van der Waals surface area contributed by atoms with Gasteiger partial charge in [0.05, 0.1) is 0 Å². The molecule has 4 heteroatoms. The van der Waals surface area contributed by atoms with Crippen LogP contribution in [-0.2, 0) is 11.3 Å². The highest BCUT2D eigenvalue weighted by Crippen LogP contribution is 2.29. The lowest BCUT2D eigenvalue weighted by Gasteiger charge is -2.33. The highest BCUT2D eigenvalue weighted by molar-refractivity contribution is 5.78. The van der Waals surface area contributed by atoms with Gasteiger partial charge < -0.3 is 4.90 Å². The normalized spacial score (nSPS) is 15.1.